The first-order valence-corrected chi connectivity index (χ1v) is 5.97. The van der Waals surface area contributed by atoms with Gasteiger partial charge in [0.05, 0.1) is 11.9 Å². The van der Waals surface area contributed by atoms with Crippen LogP contribution in [0.5, 0.6) is 0 Å². The van der Waals surface area contributed by atoms with Crippen molar-refractivity contribution in [2.45, 2.75) is 12.8 Å². The number of Topliss-reactive ketones (excluding diaryl/α,β-unsaturated/α-hetero) is 1. The highest BCUT2D eigenvalue weighted by atomic mass is 16.1. The van der Waals surface area contributed by atoms with E-state index in [4.69, 9.17) is 0 Å². The Bertz CT molecular complexity index is 507. The van der Waals surface area contributed by atoms with Gasteiger partial charge < -0.3 is 5.32 Å². The molecule has 94 valence electrons. The van der Waals surface area contributed by atoms with Gasteiger partial charge in [0.25, 0.3) is 0 Å². The molecule has 0 unspecified atom stereocenters. The smallest absolute Gasteiger partial charge is 0.183 e. The summed E-state index contributed by atoms with van der Waals surface area (Å²) in [5.74, 6) is 0.0686. The zero-order valence-electron chi connectivity index (χ0n) is 10.3. The van der Waals surface area contributed by atoms with Crippen LogP contribution in [0.2, 0.25) is 0 Å². The van der Waals surface area contributed by atoms with Crippen LogP contribution in [0.1, 0.15) is 23.3 Å². The van der Waals surface area contributed by atoms with E-state index >= 15 is 0 Å². The third kappa shape index (κ3) is 2.81. The molecule has 2 aromatic rings. The molecule has 0 saturated heterocycles. The van der Waals surface area contributed by atoms with Crippen molar-refractivity contribution in [2.75, 3.05) is 13.6 Å². The molecule has 0 radical (unpaired) electrons. The molecule has 2 rings (SSSR count). The van der Waals surface area contributed by atoms with Crippen molar-refractivity contribution in [3.63, 3.8) is 0 Å². The van der Waals surface area contributed by atoms with Crippen molar-refractivity contribution >= 4 is 5.78 Å². The Labute approximate surface area is 106 Å². The van der Waals surface area contributed by atoms with Crippen LogP contribution in [0, 0.1) is 0 Å². The van der Waals surface area contributed by atoms with Gasteiger partial charge in [0.2, 0.25) is 0 Å². The number of nitrogens with zero attached hydrogens (tertiary/aromatic N) is 3. The van der Waals surface area contributed by atoms with E-state index in [2.05, 4.69) is 15.6 Å². The summed E-state index contributed by atoms with van der Waals surface area (Å²) in [4.78, 5) is 12.0. The van der Waals surface area contributed by atoms with Crippen molar-refractivity contribution in [3.05, 3.63) is 42.2 Å². The number of carbonyl (C=O) groups excluding carboxylic acids is 1. The molecule has 1 N–H and O–H groups in total. The van der Waals surface area contributed by atoms with E-state index in [-0.39, 0.29) is 5.78 Å². The van der Waals surface area contributed by atoms with Gasteiger partial charge in [-0.25, -0.2) is 4.68 Å². The molecule has 5 heteroatoms. The molecule has 0 aliphatic heterocycles. The highest BCUT2D eigenvalue weighted by Gasteiger charge is 2.13. The lowest BCUT2D eigenvalue weighted by Crippen LogP contribution is -2.12. The summed E-state index contributed by atoms with van der Waals surface area (Å²) in [6.07, 6.45) is 2.84. The monoisotopic (exact) mass is 244 g/mol. The van der Waals surface area contributed by atoms with Gasteiger partial charge in [-0.05, 0) is 32.1 Å². The Morgan fingerprint density at radius 2 is 2.11 bits per heavy atom. The molecule has 0 aliphatic rings. The molecule has 0 aliphatic carbocycles. The molecular weight excluding hydrogens is 228 g/mol. The highest BCUT2D eigenvalue weighted by Crippen LogP contribution is 2.11. The molecule has 18 heavy (non-hydrogen) atoms. The van der Waals surface area contributed by atoms with Gasteiger partial charge in [0.15, 0.2) is 5.78 Å². The number of carbonyl (C=O) groups is 1. The molecule has 0 spiro atoms. The van der Waals surface area contributed by atoms with E-state index in [1.165, 1.54) is 6.20 Å². The highest BCUT2D eigenvalue weighted by molar-refractivity contribution is 5.94. The normalized spacial score (nSPS) is 10.5. The summed E-state index contributed by atoms with van der Waals surface area (Å²) in [7, 11) is 1.88. The third-order valence-corrected chi connectivity index (χ3v) is 2.67. The predicted molar refractivity (Wildman–Crippen MR) is 68.9 cm³/mol. The average molecular weight is 244 g/mol. The lowest BCUT2D eigenvalue weighted by atomic mass is 10.1. The Morgan fingerprint density at radius 3 is 2.83 bits per heavy atom. The first-order valence-electron chi connectivity index (χ1n) is 5.97. The molecule has 1 aromatic carbocycles. The Morgan fingerprint density at radius 1 is 1.33 bits per heavy atom. The lowest BCUT2D eigenvalue weighted by molar-refractivity contribution is 0.0972. The van der Waals surface area contributed by atoms with Crippen molar-refractivity contribution in [1.82, 2.24) is 20.3 Å². The van der Waals surface area contributed by atoms with Gasteiger partial charge in [-0.1, -0.05) is 23.4 Å². The van der Waals surface area contributed by atoms with Crippen molar-refractivity contribution in [1.29, 1.82) is 0 Å². The lowest BCUT2D eigenvalue weighted by Gasteiger charge is -2.05. The standard InChI is InChI=1S/C13H16N4O/c1-14-9-5-8-13(18)12-10-15-16-17(12)11-6-3-2-4-7-11/h2-4,6-7,10,14H,5,8-9H2,1H3. The van der Waals surface area contributed by atoms with E-state index in [1.807, 2.05) is 37.4 Å². The number of hydrogen-bond acceptors (Lipinski definition) is 4. The quantitative estimate of drug-likeness (QED) is 0.617. The molecule has 0 amide bonds. The number of benzene rings is 1. The molecule has 0 atom stereocenters. The Kier molecular flexibility index (Phi) is 4.20. The van der Waals surface area contributed by atoms with E-state index in [9.17, 15) is 4.79 Å². The van der Waals surface area contributed by atoms with Gasteiger partial charge in [-0.2, -0.15) is 0 Å². The SMILES string of the molecule is CNCCCC(=O)c1cnnn1-c1ccccc1. The second kappa shape index (κ2) is 6.07. The van der Waals surface area contributed by atoms with Gasteiger partial charge in [-0.3, -0.25) is 4.79 Å². The fourth-order valence-electron chi connectivity index (χ4n) is 1.74. The first kappa shape index (κ1) is 12.4. The van der Waals surface area contributed by atoms with Crippen molar-refractivity contribution in [2.24, 2.45) is 0 Å². The maximum absolute atomic E-state index is 12.0. The van der Waals surface area contributed by atoms with Crippen LogP contribution in [0.25, 0.3) is 5.69 Å². The fourth-order valence-corrected chi connectivity index (χ4v) is 1.74. The predicted octanol–water partition coefficient (Wildman–Crippen LogP) is 1.45. The molecule has 5 nitrogen and oxygen atoms in total. The third-order valence-electron chi connectivity index (χ3n) is 2.67. The average Bonchev–Trinajstić information content (AvgIpc) is 2.89. The summed E-state index contributed by atoms with van der Waals surface area (Å²) >= 11 is 0. The maximum atomic E-state index is 12.0. The van der Waals surface area contributed by atoms with E-state index in [0.717, 1.165) is 18.7 Å². The van der Waals surface area contributed by atoms with Gasteiger partial charge in [0.1, 0.15) is 5.69 Å². The van der Waals surface area contributed by atoms with E-state index < -0.39 is 0 Å². The molecule has 0 bridgehead atoms. The van der Waals surface area contributed by atoms with Crippen molar-refractivity contribution < 1.29 is 4.79 Å². The summed E-state index contributed by atoms with van der Waals surface area (Å²) in [6.45, 7) is 0.832. The maximum Gasteiger partial charge on any atom is 0.183 e. The summed E-state index contributed by atoms with van der Waals surface area (Å²) < 4.78 is 1.59. The van der Waals surface area contributed by atoms with Gasteiger partial charge >= 0.3 is 0 Å². The number of hydrogen-bond donors (Lipinski definition) is 1. The Balaban J connectivity index is 2.15. The van der Waals surface area contributed by atoms with Crippen LogP contribution >= 0.6 is 0 Å². The number of nitrogens with one attached hydrogen (secondary N) is 1. The molecule has 0 saturated carbocycles. The first-order chi connectivity index (χ1) is 8.83. The van der Waals surface area contributed by atoms with Crippen LogP contribution < -0.4 is 5.32 Å². The zero-order chi connectivity index (χ0) is 12.8. The van der Waals surface area contributed by atoms with E-state index in [0.29, 0.717) is 12.1 Å². The summed E-state index contributed by atoms with van der Waals surface area (Å²) in [6, 6.07) is 9.55. The van der Waals surface area contributed by atoms with Gasteiger partial charge in [-0.15, -0.1) is 5.10 Å². The van der Waals surface area contributed by atoms with Crippen LogP contribution in [0.4, 0.5) is 0 Å². The molecule has 0 fully saturated rings. The second-order valence-corrected chi connectivity index (χ2v) is 4.00. The molecule has 1 heterocycles. The molecule has 1 aromatic heterocycles. The van der Waals surface area contributed by atoms with Crippen LogP contribution in [0.3, 0.4) is 0 Å². The minimum Gasteiger partial charge on any atom is -0.320 e. The number of ketones is 1. The number of para-hydroxylation sites is 1. The summed E-state index contributed by atoms with van der Waals surface area (Å²) in [5.41, 5.74) is 1.39. The second-order valence-electron chi connectivity index (χ2n) is 4.00. The number of rotatable bonds is 6. The number of aromatic nitrogens is 3. The minimum atomic E-state index is 0.0686. The Hall–Kier alpha value is -2.01. The summed E-state index contributed by atoms with van der Waals surface area (Å²) in [5, 5.41) is 10.8. The van der Waals surface area contributed by atoms with Crippen molar-refractivity contribution in [3.8, 4) is 5.69 Å². The fraction of sp³-hybridized carbons (Fsp3) is 0.308. The zero-order valence-corrected chi connectivity index (χ0v) is 10.3. The van der Waals surface area contributed by atoms with Gasteiger partial charge in [0, 0.05) is 6.42 Å². The largest absolute Gasteiger partial charge is 0.320 e. The van der Waals surface area contributed by atoms with E-state index in [1.54, 1.807) is 4.68 Å². The minimum absolute atomic E-state index is 0.0686. The topological polar surface area (TPSA) is 59.8 Å². The van der Waals surface area contributed by atoms with Crippen LogP contribution in [-0.4, -0.2) is 34.4 Å². The van der Waals surface area contributed by atoms with Crippen LogP contribution in [-0.2, 0) is 0 Å². The van der Waals surface area contributed by atoms with Crippen LogP contribution in [0.15, 0.2) is 36.5 Å². The molecular formula is C13H16N4O.